The standard InChI is InChI=1S/C22H28N4O/c23-15-18-3-1-2-16-4-5-17(14-21(16)18)22(27)25-19-8-12-26(13-9-19)20-6-10-24-11-7-20/h4-7,10-11,14,18-19H,1-3,8-9,12-13,15,23H2,(H,25,27). The van der Waals surface area contributed by atoms with Crippen molar-refractivity contribution in [3.8, 4) is 0 Å². The summed E-state index contributed by atoms with van der Waals surface area (Å²) in [5.74, 6) is 0.437. The first-order valence-corrected chi connectivity index (χ1v) is 10.0. The summed E-state index contributed by atoms with van der Waals surface area (Å²) in [6, 6.07) is 10.5. The van der Waals surface area contributed by atoms with Crippen molar-refractivity contribution < 1.29 is 4.79 Å². The number of carbonyl (C=O) groups is 1. The Morgan fingerprint density at radius 1 is 1.15 bits per heavy atom. The van der Waals surface area contributed by atoms with Gasteiger partial charge < -0.3 is 16.0 Å². The number of aryl methyl sites for hydroxylation is 1. The second-order valence-corrected chi connectivity index (χ2v) is 7.68. The lowest BCUT2D eigenvalue weighted by Gasteiger charge is -2.34. The molecular formula is C22H28N4O. The van der Waals surface area contributed by atoms with Crippen LogP contribution in [0.2, 0.25) is 0 Å². The Hall–Kier alpha value is -2.40. The van der Waals surface area contributed by atoms with Crippen molar-refractivity contribution in [1.82, 2.24) is 10.3 Å². The summed E-state index contributed by atoms with van der Waals surface area (Å²) in [4.78, 5) is 19.2. The van der Waals surface area contributed by atoms with E-state index >= 15 is 0 Å². The van der Waals surface area contributed by atoms with E-state index in [2.05, 4.69) is 27.3 Å². The molecule has 2 aliphatic rings. The lowest BCUT2D eigenvalue weighted by molar-refractivity contribution is 0.0931. The summed E-state index contributed by atoms with van der Waals surface area (Å²) in [5, 5.41) is 3.24. The molecule has 1 unspecified atom stereocenters. The van der Waals surface area contributed by atoms with Gasteiger partial charge in [0.05, 0.1) is 0 Å². The van der Waals surface area contributed by atoms with Gasteiger partial charge in [-0.3, -0.25) is 9.78 Å². The van der Waals surface area contributed by atoms with Gasteiger partial charge in [0.25, 0.3) is 5.91 Å². The Bertz CT molecular complexity index is 784. The zero-order valence-corrected chi connectivity index (χ0v) is 15.7. The Morgan fingerprint density at radius 2 is 1.93 bits per heavy atom. The van der Waals surface area contributed by atoms with E-state index in [0.717, 1.165) is 44.3 Å². The molecule has 5 heteroatoms. The number of pyridine rings is 1. The highest BCUT2D eigenvalue weighted by Crippen LogP contribution is 2.31. The number of nitrogens with one attached hydrogen (secondary N) is 1. The Balaban J connectivity index is 1.37. The van der Waals surface area contributed by atoms with Crippen molar-refractivity contribution in [2.45, 2.75) is 44.1 Å². The number of aromatic nitrogens is 1. The molecule has 0 radical (unpaired) electrons. The predicted molar refractivity (Wildman–Crippen MR) is 108 cm³/mol. The molecule has 1 aliphatic carbocycles. The highest BCUT2D eigenvalue weighted by molar-refractivity contribution is 5.94. The average Bonchev–Trinajstić information content (AvgIpc) is 2.74. The number of benzene rings is 1. The van der Waals surface area contributed by atoms with E-state index in [1.54, 1.807) is 0 Å². The van der Waals surface area contributed by atoms with E-state index in [9.17, 15) is 4.79 Å². The molecule has 142 valence electrons. The van der Waals surface area contributed by atoms with Crippen LogP contribution in [0.1, 0.15) is 53.1 Å². The fourth-order valence-electron chi connectivity index (χ4n) is 4.39. The number of rotatable bonds is 4. The quantitative estimate of drug-likeness (QED) is 0.875. The molecule has 0 saturated carbocycles. The first-order chi connectivity index (χ1) is 13.2. The molecule has 1 atom stereocenters. The summed E-state index contributed by atoms with van der Waals surface area (Å²) >= 11 is 0. The molecular weight excluding hydrogens is 336 g/mol. The van der Waals surface area contributed by atoms with Crippen LogP contribution in [0.5, 0.6) is 0 Å². The number of nitrogens with two attached hydrogens (primary N) is 1. The molecule has 4 rings (SSSR count). The molecule has 27 heavy (non-hydrogen) atoms. The van der Waals surface area contributed by atoms with Crippen LogP contribution in [0, 0.1) is 0 Å². The fraction of sp³-hybridized carbons (Fsp3) is 0.455. The first kappa shape index (κ1) is 18.0. The number of hydrogen-bond acceptors (Lipinski definition) is 4. The summed E-state index contributed by atoms with van der Waals surface area (Å²) in [7, 11) is 0. The normalized spacial score (nSPS) is 20.2. The zero-order valence-electron chi connectivity index (χ0n) is 15.7. The summed E-state index contributed by atoms with van der Waals surface area (Å²) in [6.07, 6.45) is 9.00. The maximum atomic E-state index is 12.8. The number of amides is 1. The maximum absolute atomic E-state index is 12.8. The second-order valence-electron chi connectivity index (χ2n) is 7.68. The van der Waals surface area contributed by atoms with Crippen molar-refractivity contribution in [2.24, 2.45) is 5.73 Å². The van der Waals surface area contributed by atoms with Crippen molar-refractivity contribution in [3.05, 3.63) is 59.4 Å². The Morgan fingerprint density at radius 3 is 2.67 bits per heavy atom. The van der Waals surface area contributed by atoms with Gasteiger partial charge in [0.15, 0.2) is 0 Å². The van der Waals surface area contributed by atoms with Gasteiger partial charge in [0, 0.05) is 42.8 Å². The van der Waals surface area contributed by atoms with Crippen LogP contribution in [0.3, 0.4) is 0 Å². The van der Waals surface area contributed by atoms with E-state index in [1.165, 1.54) is 23.2 Å². The molecule has 2 aromatic rings. The van der Waals surface area contributed by atoms with Crippen LogP contribution in [0.15, 0.2) is 42.7 Å². The number of fused-ring (bicyclic) bond motifs is 1. The lowest BCUT2D eigenvalue weighted by Crippen LogP contribution is -2.44. The fourth-order valence-corrected chi connectivity index (χ4v) is 4.39. The molecule has 0 bridgehead atoms. The Labute approximate surface area is 161 Å². The second kappa shape index (κ2) is 8.09. The van der Waals surface area contributed by atoms with E-state index in [4.69, 9.17) is 5.73 Å². The predicted octanol–water partition coefficient (Wildman–Crippen LogP) is 2.86. The number of carbonyl (C=O) groups excluding carboxylic acids is 1. The molecule has 0 spiro atoms. The highest BCUT2D eigenvalue weighted by Gasteiger charge is 2.23. The number of piperidine rings is 1. The minimum absolute atomic E-state index is 0.0431. The maximum Gasteiger partial charge on any atom is 0.251 e. The Kier molecular flexibility index (Phi) is 5.39. The number of anilines is 1. The molecule has 1 aliphatic heterocycles. The molecule has 2 heterocycles. The summed E-state index contributed by atoms with van der Waals surface area (Å²) in [6.45, 7) is 2.56. The van der Waals surface area contributed by atoms with Gasteiger partial charge in [-0.25, -0.2) is 0 Å². The number of hydrogen-bond donors (Lipinski definition) is 2. The lowest BCUT2D eigenvalue weighted by atomic mass is 9.82. The van der Waals surface area contributed by atoms with Crippen molar-refractivity contribution in [3.63, 3.8) is 0 Å². The largest absolute Gasteiger partial charge is 0.371 e. The van der Waals surface area contributed by atoms with Crippen molar-refractivity contribution in [1.29, 1.82) is 0 Å². The monoisotopic (exact) mass is 364 g/mol. The van der Waals surface area contributed by atoms with E-state index in [-0.39, 0.29) is 11.9 Å². The minimum atomic E-state index is 0.0431. The van der Waals surface area contributed by atoms with Crippen LogP contribution in [0.4, 0.5) is 5.69 Å². The minimum Gasteiger partial charge on any atom is -0.371 e. The van der Waals surface area contributed by atoms with Gasteiger partial charge in [0.2, 0.25) is 0 Å². The molecule has 1 aromatic heterocycles. The van der Waals surface area contributed by atoms with Crippen LogP contribution < -0.4 is 16.0 Å². The summed E-state index contributed by atoms with van der Waals surface area (Å²) in [5.41, 5.74) is 10.6. The molecule has 3 N–H and O–H groups in total. The van der Waals surface area contributed by atoms with Crippen molar-refractivity contribution in [2.75, 3.05) is 24.5 Å². The SMILES string of the molecule is NCC1CCCc2ccc(C(=O)NC3CCN(c4ccncc4)CC3)cc21. The van der Waals surface area contributed by atoms with Gasteiger partial charge in [0.1, 0.15) is 0 Å². The van der Waals surface area contributed by atoms with Gasteiger partial charge >= 0.3 is 0 Å². The summed E-state index contributed by atoms with van der Waals surface area (Å²) < 4.78 is 0. The highest BCUT2D eigenvalue weighted by atomic mass is 16.1. The topological polar surface area (TPSA) is 71.2 Å². The third kappa shape index (κ3) is 3.98. The van der Waals surface area contributed by atoms with Gasteiger partial charge in [-0.2, -0.15) is 0 Å². The smallest absolute Gasteiger partial charge is 0.251 e. The molecule has 5 nitrogen and oxygen atoms in total. The van der Waals surface area contributed by atoms with Crippen LogP contribution in [0.25, 0.3) is 0 Å². The van der Waals surface area contributed by atoms with Crippen molar-refractivity contribution >= 4 is 11.6 Å². The third-order valence-corrected chi connectivity index (χ3v) is 5.99. The molecule has 1 fully saturated rings. The van der Waals surface area contributed by atoms with Gasteiger partial charge in [-0.15, -0.1) is 0 Å². The average molecular weight is 364 g/mol. The first-order valence-electron chi connectivity index (χ1n) is 10.0. The van der Waals surface area contributed by atoms with Gasteiger partial charge in [-0.1, -0.05) is 6.07 Å². The zero-order chi connectivity index (χ0) is 18.6. The molecule has 1 aromatic carbocycles. The van der Waals surface area contributed by atoms with E-state index in [0.29, 0.717) is 12.5 Å². The van der Waals surface area contributed by atoms with E-state index in [1.807, 2.05) is 30.6 Å². The van der Waals surface area contributed by atoms with Gasteiger partial charge in [-0.05, 0) is 80.0 Å². The van der Waals surface area contributed by atoms with Crippen LogP contribution in [-0.2, 0) is 6.42 Å². The van der Waals surface area contributed by atoms with E-state index < -0.39 is 0 Å². The number of nitrogens with zero attached hydrogens (tertiary/aromatic N) is 2. The molecule has 1 amide bonds. The molecule has 1 saturated heterocycles. The third-order valence-electron chi connectivity index (χ3n) is 5.99. The van der Waals surface area contributed by atoms with Crippen LogP contribution >= 0.6 is 0 Å². The van der Waals surface area contributed by atoms with Crippen LogP contribution in [-0.4, -0.2) is 36.6 Å².